The molecule has 0 saturated heterocycles. The van der Waals surface area contributed by atoms with Crippen molar-refractivity contribution in [3.63, 3.8) is 0 Å². The van der Waals surface area contributed by atoms with Crippen LogP contribution in [0, 0.1) is 0 Å². The Kier molecular flexibility index (Phi) is 4.32. The zero-order chi connectivity index (χ0) is 9.84. The Labute approximate surface area is 97.8 Å². The first-order valence-corrected chi connectivity index (χ1v) is 5.11. The Morgan fingerprint density at radius 3 is 2.69 bits per heavy atom. The first kappa shape index (κ1) is 11.1. The van der Waals surface area contributed by atoms with E-state index < -0.39 is 0 Å². The molecule has 0 atom stereocenters. The van der Waals surface area contributed by atoms with Crippen molar-refractivity contribution < 1.29 is 0 Å². The zero-order valence-corrected chi connectivity index (χ0v) is 9.77. The van der Waals surface area contributed by atoms with Gasteiger partial charge in [-0.25, -0.2) is 0 Å². The van der Waals surface area contributed by atoms with Crippen LogP contribution in [0.15, 0.2) is 18.2 Å². The van der Waals surface area contributed by atoms with E-state index in [0.717, 1.165) is 5.56 Å². The second-order valence-corrected chi connectivity index (χ2v) is 4.40. The van der Waals surface area contributed by atoms with Crippen molar-refractivity contribution in [2.24, 2.45) is 0 Å². The molecular weight excluding hydrogens is 245 g/mol. The first-order valence-electron chi connectivity index (χ1n) is 3.50. The van der Waals surface area contributed by atoms with Crippen LogP contribution < -0.4 is 5.32 Å². The lowest BCUT2D eigenvalue weighted by atomic mass is 10.2. The monoisotopic (exact) mass is 251 g/mol. The molecule has 0 fully saturated rings. The van der Waals surface area contributed by atoms with E-state index in [1.54, 1.807) is 12.1 Å². The Morgan fingerprint density at radius 2 is 2.15 bits per heavy atom. The van der Waals surface area contributed by atoms with E-state index in [2.05, 4.69) is 17.9 Å². The van der Waals surface area contributed by atoms with Gasteiger partial charge in [-0.15, -0.1) is 12.6 Å². The number of hydrogen-bond donors (Lipinski definition) is 2. The molecule has 1 aromatic rings. The summed E-state index contributed by atoms with van der Waals surface area (Å²) < 4.78 is 0.450. The van der Waals surface area contributed by atoms with Gasteiger partial charge >= 0.3 is 0 Å². The second kappa shape index (κ2) is 5.05. The maximum atomic E-state index is 5.92. The number of rotatable bonds is 2. The molecule has 0 heterocycles. The third-order valence-electron chi connectivity index (χ3n) is 1.45. The highest BCUT2D eigenvalue weighted by Crippen LogP contribution is 2.20. The van der Waals surface area contributed by atoms with Gasteiger partial charge < -0.3 is 5.32 Å². The standard InChI is InChI=1S/C8H7Cl2NS2/c9-6-2-1-5(7(10)3-6)4-11-8(12)13/h1-3H,4H2,(H2,11,12,13). The van der Waals surface area contributed by atoms with Crippen LogP contribution in [0.25, 0.3) is 0 Å². The Balaban J connectivity index is 2.72. The van der Waals surface area contributed by atoms with E-state index in [4.69, 9.17) is 35.4 Å². The molecule has 70 valence electrons. The Morgan fingerprint density at radius 1 is 1.46 bits per heavy atom. The molecule has 0 bridgehead atoms. The van der Waals surface area contributed by atoms with Gasteiger partial charge in [0.25, 0.3) is 0 Å². The van der Waals surface area contributed by atoms with Crippen LogP contribution in [-0.2, 0) is 6.54 Å². The average Bonchev–Trinajstić information content (AvgIpc) is 2.02. The minimum absolute atomic E-state index is 0.450. The van der Waals surface area contributed by atoms with Crippen LogP contribution in [0.2, 0.25) is 10.0 Å². The van der Waals surface area contributed by atoms with Gasteiger partial charge in [0.15, 0.2) is 0 Å². The van der Waals surface area contributed by atoms with Gasteiger partial charge in [-0.2, -0.15) is 0 Å². The van der Waals surface area contributed by atoms with Crippen molar-refractivity contribution in [1.29, 1.82) is 0 Å². The third-order valence-corrected chi connectivity index (χ3v) is 2.33. The van der Waals surface area contributed by atoms with E-state index in [-0.39, 0.29) is 0 Å². The maximum absolute atomic E-state index is 5.92. The molecule has 1 rings (SSSR count). The largest absolute Gasteiger partial charge is 0.367 e. The van der Waals surface area contributed by atoms with Gasteiger partial charge in [-0.3, -0.25) is 0 Å². The number of nitrogens with one attached hydrogen (secondary N) is 1. The summed E-state index contributed by atoms with van der Waals surface area (Å²) in [6.07, 6.45) is 0. The minimum Gasteiger partial charge on any atom is -0.367 e. The zero-order valence-electron chi connectivity index (χ0n) is 6.55. The molecule has 13 heavy (non-hydrogen) atoms. The summed E-state index contributed by atoms with van der Waals surface area (Å²) in [5.74, 6) is 0. The first-order chi connectivity index (χ1) is 6.09. The lowest BCUT2D eigenvalue weighted by molar-refractivity contribution is 0.940. The van der Waals surface area contributed by atoms with Crippen molar-refractivity contribution in [2.45, 2.75) is 6.54 Å². The van der Waals surface area contributed by atoms with Crippen LogP contribution in [0.5, 0.6) is 0 Å². The lowest BCUT2D eigenvalue weighted by Gasteiger charge is -2.05. The van der Waals surface area contributed by atoms with Crippen molar-refractivity contribution in [2.75, 3.05) is 0 Å². The molecule has 0 radical (unpaired) electrons. The van der Waals surface area contributed by atoms with Gasteiger partial charge in [-0.1, -0.05) is 41.5 Å². The molecule has 0 aliphatic rings. The summed E-state index contributed by atoms with van der Waals surface area (Å²) in [5.41, 5.74) is 0.947. The quantitative estimate of drug-likeness (QED) is 0.618. The molecule has 0 aromatic heterocycles. The predicted octanol–water partition coefficient (Wildman–Crippen LogP) is 3.30. The summed E-state index contributed by atoms with van der Waals surface area (Å²) in [4.78, 5) is 0. The van der Waals surface area contributed by atoms with Gasteiger partial charge in [0.1, 0.15) is 4.32 Å². The van der Waals surface area contributed by atoms with Crippen molar-refractivity contribution in [1.82, 2.24) is 5.32 Å². The van der Waals surface area contributed by atoms with E-state index in [9.17, 15) is 0 Å². The molecule has 0 unspecified atom stereocenters. The molecular formula is C8H7Cl2NS2. The van der Waals surface area contributed by atoms with E-state index >= 15 is 0 Å². The smallest absolute Gasteiger partial charge is 0.130 e. The lowest BCUT2D eigenvalue weighted by Crippen LogP contribution is -2.15. The molecule has 0 aliphatic heterocycles. The molecule has 0 spiro atoms. The van der Waals surface area contributed by atoms with E-state index in [0.29, 0.717) is 20.9 Å². The molecule has 1 nitrogen and oxygen atoms in total. The Bertz CT molecular complexity index is 328. The maximum Gasteiger partial charge on any atom is 0.130 e. The number of benzene rings is 1. The van der Waals surface area contributed by atoms with Gasteiger partial charge in [-0.05, 0) is 17.7 Å². The fourth-order valence-corrected chi connectivity index (χ4v) is 1.46. The summed E-state index contributed by atoms with van der Waals surface area (Å²) in [6, 6.07) is 5.33. The average molecular weight is 252 g/mol. The highest BCUT2D eigenvalue weighted by Gasteiger charge is 2.00. The van der Waals surface area contributed by atoms with Crippen molar-refractivity contribution >= 4 is 52.4 Å². The van der Waals surface area contributed by atoms with Crippen LogP contribution in [0.3, 0.4) is 0 Å². The van der Waals surface area contributed by atoms with Crippen LogP contribution in [0.1, 0.15) is 5.56 Å². The van der Waals surface area contributed by atoms with Gasteiger partial charge in [0, 0.05) is 16.6 Å². The minimum atomic E-state index is 0.450. The van der Waals surface area contributed by atoms with Crippen molar-refractivity contribution in [3.05, 3.63) is 33.8 Å². The number of hydrogen-bond acceptors (Lipinski definition) is 1. The fourth-order valence-electron chi connectivity index (χ4n) is 0.836. The molecule has 0 aliphatic carbocycles. The SMILES string of the molecule is S=C(S)NCc1ccc(Cl)cc1Cl. The summed E-state index contributed by atoms with van der Waals surface area (Å²) in [5, 5.41) is 4.15. The molecule has 1 aromatic carbocycles. The molecule has 0 amide bonds. The van der Waals surface area contributed by atoms with Crippen molar-refractivity contribution in [3.8, 4) is 0 Å². The number of halogens is 2. The van der Waals surface area contributed by atoms with Crippen LogP contribution in [0.4, 0.5) is 0 Å². The molecule has 1 N–H and O–H groups in total. The third kappa shape index (κ3) is 3.73. The van der Waals surface area contributed by atoms with E-state index in [1.807, 2.05) is 6.07 Å². The summed E-state index contributed by atoms with van der Waals surface area (Å²) >= 11 is 20.3. The van der Waals surface area contributed by atoms with Crippen LogP contribution in [-0.4, -0.2) is 4.32 Å². The predicted molar refractivity (Wildman–Crippen MR) is 64.9 cm³/mol. The highest BCUT2D eigenvalue weighted by molar-refractivity contribution is 8.11. The molecule has 0 saturated carbocycles. The molecule has 5 heteroatoms. The van der Waals surface area contributed by atoms with E-state index in [1.165, 1.54) is 0 Å². The summed E-state index contributed by atoms with van der Waals surface area (Å²) in [6.45, 7) is 0.568. The van der Waals surface area contributed by atoms with Crippen LogP contribution >= 0.6 is 48.0 Å². The highest BCUT2D eigenvalue weighted by atomic mass is 35.5. The number of thiol groups is 1. The summed E-state index contributed by atoms with van der Waals surface area (Å²) in [7, 11) is 0. The van der Waals surface area contributed by atoms with Gasteiger partial charge in [0.05, 0.1) is 0 Å². The fraction of sp³-hybridized carbons (Fsp3) is 0.125. The second-order valence-electron chi connectivity index (χ2n) is 2.39. The normalized spacial score (nSPS) is 9.77. The number of thiocarbonyl (C=S) groups is 1. The van der Waals surface area contributed by atoms with Gasteiger partial charge in [0.2, 0.25) is 0 Å². The Hall–Kier alpha value is 0.0400. The topological polar surface area (TPSA) is 12.0 Å².